The lowest BCUT2D eigenvalue weighted by Crippen LogP contribution is -2.28. The van der Waals surface area contributed by atoms with Crippen molar-refractivity contribution in [3.8, 4) is 0 Å². The Balaban J connectivity index is 1.79. The predicted octanol–water partition coefficient (Wildman–Crippen LogP) is 2.85. The molecule has 18 heavy (non-hydrogen) atoms. The third-order valence-electron chi connectivity index (χ3n) is 4.25. The van der Waals surface area contributed by atoms with Crippen LogP contribution in [-0.2, 0) is 4.79 Å². The fraction of sp³-hybridized carbons (Fsp3) is 0.643. The Hall–Kier alpha value is -0.870. The molecule has 1 saturated carbocycles. The van der Waals surface area contributed by atoms with Crippen LogP contribution in [-0.4, -0.2) is 29.1 Å². The number of hydrogen-bond donors (Lipinski definition) is 1. The normalized spacial score (nSPS) is 30.5. The van der Waals surface area contributed by atoms with E-state index in [0.717, 1.165) is 19.0 Å². The zero-order chi connectivity index (χ0) is 12.7. The van der Waals surface area contributed by atoms with E-state index in [9.17, 15) is 9.90 Å². The minimum absolute atomic E-state index is 0.189. The third kappa shape index (κ3) is 2.19. The van der Waals surface area contributed by atoms with Gasteiger partial charge < -0.3 is 5.11 Å². The number of hydrogen-bond acceptors (Lipinski definition) is 3. The highest BCUT2D eigenvalue weighted by Gasteiger charge is 2.43. The van der Waals surface area contributed by atoms with Crippen molar-refractivity contribution in [2.45, 2.75) is 25.8 Å². The number of likely N-dealkylation sites (tertiary alicyclic amines) is 1. The van der Waals surface area contributed by atoms with E-state index in [1.54, 1.807) is 0 Å². The Morgan fingerprint density at radius 2 is 2.28 bits per heavy atom. The number of rotatable bonds is 4. The van der Waals surface area contributed by atoms with Crippen LogP contribution < -0.4 is 0 Å². The molecule has 1 unspecified atom stereocenters. The Morgan fingerprint density at radius 3 is 2.78 bits per heavy atom. The number of thiophene rings is 1. The highest BCUT2D eigenvalue weighted by Crippen LogP contribution is 2.47. The molecule has 1 aliphatic carbocycles. The Labute approximate surface area is 111 Å². The maximum Gasteiger partial charge on any atom is 0.308 e. The fourth-order valence-corrected chi connectivity index (χ4v) is 4.09. The molecule has 4 heteroatoms. The summed E-state index contributed by atoms with van der Waals surface area (Å²) in [5.41, 5.74) is 0. The minimum atomic E-state index is -0.634. The van der Waals surface area contributed by atoms with Gasteiger partial charge in [-0.3, -0.25) is 9.69 Å². The van der Waals surface area contributed by atoms with E-state index in [4.69, 9.17) is 0 Å². The van der Waals surface area contributed by atoms with E-state index in [-0.39, 0.29) is 11.8 Å². The molecule has 0 spiro atoms. The van der Waals surface area contributed by atoms with Crippen LogP contribution in [0.1, 0.15) is 30.7 Å². The smallest absolute Gasteiger partial charge is 0.308 e. The van der Waals surface area contributed by atoms with Gasteiger partial charge in [-0.05, 0) is 36.1 Å². The van der Waals surface area contributed by atoms with Gasteiger partial charge >= 0.3 is 5.97 Å². The molecule has 1 aliphatic heterocycles. The second-order valence-electron chi connectivity index (χ2n) is 5.67. The Kier molecular flexibility index (Phi) is 3.16. The highest BCUT2D eigenvalue weighted by atomic mass is 32.1. The first-order valence-corrected chi connectivity index (χ1v) is 7.55. The summed E-state index contributed by atoms with van der Waals surface area (Å²) in [5.74, 6) is 0.198. The number of aliphatic carboxylic acids is 1. The van der Waals surface area contributed by atoms with E-state index in [1.807, 2.05) is 11.3 Å². The first-order chi connectivity index (χ1) is 8.66. The SMILES string of the molecule is C[C@@H]1CN(C(c2cccs2)C2CC2)C[C@H]1C(=O)O. The molecule has 0 radical (unpaired) electrons. The van der Waals surface area contributed by atoms with Crippen LogP contribution >= 0.6 is 11.3 Å². The average Bonchev–Trinajstić information content (AvgIpc) is 2.86. The van der Waals surface area contributed by atoms with Crippen LogP contribution in [0.25, 0.3) is 0 Å². The molecule has 0 amide bonds. The van der Waals surface area contributed by atoms with Gasteiger partial charge in [0.2, 0.25) is 0 Å². The van der Waals surface area contributed by atoms with Gasteiger partial charge in [-0.1, -0.05) is 13.0 Å². The van der Waals surface area contributed by atoms with E-state index >= 15 is 0 Å². The van der Waals surface area contributed by atoms with Crippen molar-refractivity contribution in [1.82, 2.24) is 4.90 Å². The molecule has 3 atom stereocenters. The van der Waals surface area contributed by atoms with Gasteiger partial charge in [0.25, 0.3) is 0 Å². The number of nitrogens with zero attached hydrogens (tertiary/aromatic N) is 1. The maximum atomic E-state index is 11.2. The average molecular weight is 265 g/mol. The summed E-state index contributed by atoms with van der Waals surface area (Å²) < 4.78 is 0. The number of carboxylic acids is 1. The maximum absolute atomic E-state index is 11.2. The number of carbonyl (C=O) groups is 1. The fourth-order valence-electron chi connectivity index (χ4n) is 3.13. The molecule has 1 N–H and O–H groups in total. The van der Waals surface area contributed by atoms with Crippen molar-refractivity contribution in [2.75, 3.05) is 13.1 Å². The van der Waals surface area contributed by atoms with Gasteiger partial charge in [0.15, 0.2) is 0 Å². The van der Waals surface area contributed by atoms with Gasteiger partial charge in [0, 0.05) is 24.0 Å². The Morgan fingerprint density at radius 1 is 1.50 bits per heavy atom. The zero-order valence-corrected chi connectivity index (χ0v) is 11.4. The van der Waals surface area contributed by atoms with Crippen molar-refractivity contribution in [2.24, 2.45) is 17.8 Å². The second-order valence-corrected chi connectivity index (χ2v) is 6.65. The predicted molar refractivity (Wildman–Crippen MR) is 71.6 cm³/mol. The van der Waals surface area contributed by atoms with Gasteiger partial charge in [-0.2, -0.15) is 0 Å². The van der Waals surface area contributed by atoms with E-state index in [1.165, 1.54) is 17.7 Å². The molecule has 98 valence electrons. The van der Waals surface area contributed by atoms with Crippen LogP contribution in [0, 0.1) is 17.8 Å². The minimum Gasteiger partial charge on any atom is -0.481 e. The van der Waals surface area contributed by atoms with Crippen molar-refractivity contribution >= 4 is 17.3 Å². The standard InChI is InChI=1S/C14H19NO2S/c1-9-7-15(8-11(9)14(16)17)13(10-4-5-10)12-3-2-6-18-12/h2-3,6,9-11,13H,4-5,7-8H2,1H3,(H,16,17)/t9-,11-,13?/m1/s1. The molecule has 1 saturated heterocycles. The van der Waals surface area contributed by atoms with Gasteiger partial charge in [0.05, 0.1) is 5.92 Å². The summed E-state index contributed by atoms with van der Waals surface area (Å²) >= 11 is 1.81. The van der Waals surface area contributed by atoms with E-state index < -0.39 is 5.97 Å². The van der Waals surface area contributed by atoms with E-state index in [0.29, 0.717) is 6.04 Å². The molecular weight excluding hydrogens is 246 g/mol. The molecule has 1 aromatic heterocycles. The summed E-state index contributed by atoms with van der Waals surface area (Å²) in [4.78, 5) is 15.1. The summed E-state index contributed by atoms with van der Waals surface area (Å²) in [5, 5.41) is 11.4. The molecule has 3 nitrogen and oxygen atoms in total. The van der Waals surface area contributed by atoms with Crippen LogP contribution in [0.4, 0.5) is 0 Å². The molecular formula is C14H19NO2S. The second kappa shape index (κ2) is 4.67. The summed E-state index contributed by atoms with van der Waals surface area (Å²) in [6.07, 6.45) is 2.59. The van der Waals surface area contributed by atoms with Crippen molar-refractivity contribution in [3.05, 3.63) is 22.4 Å². The van der Waals surface area contributed by atoms with Gasteiger partial charge in [0.1, 0.15) is 0 Å². The molecule has 2 fully saturated rings. The first-order valence-electron chi connectivity index (χ1n) is 6.67. The lowest BCUT2D eigenvalue weighted by molar-refractivity contribution is -0.142. The van der Waals surface area contributed by atoms with Gasteiger partial charge in [-0.15, -0.1) is 11.3 Å². The zero-order valence-electron chi connectivity index (χ0n) is 10.6. The molecule has 1 aromatic rings. The van der Waals surface area contributed by atoms with Crippen LogP contribution in [0.2, 0.25) is 0 Å². The largest absolute Gasteiger partial charge is 0.481 e. The molecule has 2 heterocycles. The monoisotopic (exact) mass is 265 g/mol. The molecule has 0 aromatic carbocycles. The topological polar surface area (TPSA) is 40.5 Å². The summed E-state index contributed by atoms with van der Waals surface area (Å²) in [6.45, 7) is 3.71. The molecule has 2 aliphatic rings. The highest BCUT2D eigenvalue weighted by molar-refractivity contribution is 7.10. The summed E-state index contributed by atoms with van der Waals surface area (Å²) in [6, 6.07) is 4.77. The van der Waals surface area contributed by atoms with Crippen molar-refractivity contribution < 1.29 is 9.90 Å². The quantitative estimate of drug-likeness (QED) is 0.910. The van der Waals surface area contributed by atoms with E-state index in [2.05, 4.69) is 29.3 Å². The first kappa shape index (κ1) is 12.2. The number of carboxylic acid groups (broad SMARTS) is 1. The Bertz CT molecular complexity index is 427. The summed E-state index contributed by atoms with van der Waals surface area (Å²) in [7, 11) is 0. The lowest BCUT2D eigenvalue weighted by atomic mass is 9.99. The third-order valence-corrected chi connectivity index (χ3v) is 5.20. The van der Waals surface area contributed by atoms with Gasteiger partial charge in [-0.25, -0.2) is 0 Å². The van der Waals surface area contributed by atoms with Crippen LogP contribution in [0.5, 0.6) is 0 Å². The van der Waals surface area contributed by atoms with Crippen molar-refractivity contribution in [1.29, 1.82) is 0 Å². The molecule has 3 rings (SSSR count). The lowest BCUT2D eigenvalue weighted by Gasteiger charge is -2.27. The van der Waals surface area contributed by atoms with Crippen molar-refractivity contribution in [3.63, 3.8) is 0 Å². The molecule has 0 bridgehead atoms. The van der Waals surface area contributed by atoms with Crippen LogP contribution in [0.15, 0.2) is 17.5 Å². The van der Waals surface area contributed by atoms with Crippen LogP contribution in [0.3, 0.4) is 0 Å².